The molecule has 4 nitrogen and oxygen atoms in total. The number of carbonyl (C=O) groups is 2. The van der Waals surface area contributed by atoms with E-state index in [1.807, 2.05) is 18.2 Å². The first kappa shape index (κ1) is 36.5. The van der Waals surface area contributed by atoms with Crippen molar-refractivity contribution in [2.45, 2.75) is 116 Å². The number of imide groups is 1. The topological polar surface area (TPSA) is 55.4 Å². The Balaban J connectivity index is 1.32. The fourth-order valence-corrected chi connectivity index (χ4v) is 10.4. The van der Waals surface area contributed by atoms with Crippen LogP contribution in [0.3, 0.4) is 0 Å². The van der Waals surface area contributed by atoms with E-state index in [1.165, 1.54) is 106 Å². The van der Waals surface area contributed by atoms with Crippen LogP contribution in [0.5, 0.6) is 0 Å². The lowest BCUT2D eigenvalue weighted by Gasteiger charge is -2.27. The van der Waals surface area contributed by atoms with Crippen molar-refractivity contribution in [3.8, 4) is 0 Å². The number of benzene rings is 3. The molecule has 0 aliphatic rings. The van der Waals surface area contributed by atoms with E-state index < -0.39 is 13.4 Å². The number of hydrogen-bond acceptors (Lipinski definition) is 3. The summed E-state index contributed by atoms with van der Waals surface area (Å²) < 4.78 is 5.36. The van der Waals surface area contributed by atoms with Gasteiger partial charge in [-0.2, -0.15) is 0 Å². The predicted molar refractivity (Wildman–Crippen MR) is 194 cm³/mol. The molecule has 0 bridgehead atoms. The van der Waals surface area contributed by atoms with E-state index in [2.05, 4.69) is 85.0 Å². The van der Waals surface area contributed by atoms with Gasteiger partial charge >= 0.3 is 6.09 Å². The Morgan fingerprint density at radius 3 is 1.27 bits per heavy atom. The van der Waals surface area contributed by atoms with Crippen molar-refractivity contribution in [3.63, 3.8) is 0 Å². The number of carbonyl (C=O) groups excluding carboxylic acids is 2. The van der Waals surface area contributed by atoms with Gasteiger partial charge in [-0.15, -0.1) is 0 Å². The SMILES string of the molecule is CCCCCCCCCCCCCCCCCCOC(=O)NC(=O)CC[P+](c1ccccc1)(c1ccccc1)c1ccccc1. The maximum absolute atomic E-state index is 13.0. The normalized spacial score (nSPS) is 11.3. The van der Waals surface area contributed by atoms with E-state index in [1.54, 1.807) is 0 Å². The summed E-state index contributed by atoms with van der Waals surface area (Å²) in [6.07, 6.45) is 21.1. The third-order valence-electron chi connectivity index (χ3n) is 8.74. The molecule has 0 saturated heterocycles. The molecule has 3 aromatic rings. The molecule has 45 heavy (non-hydrogen) atoms. The van der Waals surface area contributed by atoms with Crippen LogP contribution in [-0.2, 0) is 9.53 Å². The second-order valence-electron chi connectivity index (χ2n) is 12.3. The van der Waals surface area contributed by atoms with Gasteiger partial charge in [0.1, 0.15) is 23.2 Å². The predicted octanol–water partition coefficient (Wildman–Crippen LogP) is 9.88. The quantitative estimate of drug-likeness (QED) is 0.0838. The van der Waals surface area contributed by atoms with Crippen LogP contribution in [0.2, 0.25) is 0 Å². The van der Waals surface area contributed by atoms with Gasteiger partial charge in [-0.1, -0.05) is 158 Å². The fourth-order valence-electron chi connectivity index (χ4n) is 6.18. The molecular formula is C40H57NO3P+. The number of hydrogen-bond donors (Lipinski definition) is 1. The molecule has 0 radical (unpaired) electrons. The summed E-state index contributed by atoms with van der Waals surface area (Å²) in [5.74, 6) is -0.292. The molecule has 1 N–H and O–H groups in total. The summed E-state index contributed by atoms with van der Waals surface area (Å²) in [5.41, 5.74) is 0. The third-order valence-corrected chi connectivity index (χ3v) is 13.2. The van der Waals surface area contributed by atoms with Crippen molar-refractivity contribution < 1.29 is 14.3 Å². The minimum atomic E-state index is -2.12. The van der Waals surface area contributed by atoms with Gasteiger partial charge in [0.05, 0.1) is 19.2 Å². The Kier molecular flexibility index (Phi) is 18.3. The standard InChI is InChI=1S/C40H56NO3P/c1-2-3-4-5-6-7-8-9-10-11-12-13-14-15-16-26-34-44-40(43)41-39(42)33-35-45(36-27-20-17-21-28-36,37-29-22-18-23-30-37)38-31-24-19-25-32-38/h17-25,27-32H,2-16,26,33-35H2,1H3/p+1. The minimum Gasteiger partial charge on any atom is -0.449 e. The Morgan fingerprint density at radius 2 is 0.889 bits per heavy atom. The highest BCUT2D eigenvalue weighted by Crippen LogP contribution is 2.55. The summed E-state index contributed by atoms with van der Waals surface area (Å²) in [6.45, 7) is 2.63. The van der Waals surface area contributed by atoms with Crippen LogP contribution in [0.25, 0.3) is 0 Å². The first-order valence-electron chi connectivity index (χ1n) is 17.7. The second-order valence-corrected chi connectivity index (χ2v) is 15.9. The third kappa shape index (κ3) is 13.5. The average molecular weight is 631 g/mol. The molecule has 3 rings (SSSR count). The van der Waals surface area contributed by atoms with Crippen molar-refractivity contribution in [1.29, 1.82) is 0 Å². The van der Waals surface area contributed by atoms with Gasteiger partial charge in [0.2, 0.25) is 5.91 Å². The molecule has 0 aromatic heterocycles. The molecule has 0 heterocycles. The monoisotopic (exact) mass is 630 g/mol. The smallest absolute Gasteiger partial charge is 0.413 e. The van der Waals surface area contributed by atoms with Gasteiger partial charge in [0.25, 0.3) is 0 Å². The van der Waals surface area contributed by atoms with Crippen LogP contribution in [0.4, 0.5) is 4.79 Å². The first-order chi connectivity index (χ1) is 22.2. The van der Waals surface area contributed by atoms with Crippen molar-refractivity contribution in [2.24, 2.45) is 0 Å². The second kappa shape index (κ2) is 22.5. The molecule has 3 aromatic carbocycles. The van der Waals surface area contributed by atoms with Gasteiger partial charge in [0, 0.05) is 0 Å². The summed E-state index contributed by atoms with van der Waals surface area (Å²) >= 11 is 0. The highest BCUT2D eigenvalue weighted by Gasteiger charge is 2.45. The van der Waals surface area contributed by atoms with E-state index in [0.29, 0.717) is 12.8 Å². The number of unbranched alkanes of at least 4 members (excludes halogenated alkanes) is 15. The lowest BCUT2D eigenvalue weighted by Crippen LogP contribution is -2.37. The van der Waals surface area contributed by atoms with Gasteiger partial charge < -0.3 is 4.74 Å². The van der Waals surface area contributed by atoms with E-state index in [9.17, 15) is 9.59 Å². The Labute approximate surface area is 274 Å². The maximum Gasteiger partial charge on any atom is 0.413 e. The van der Waals surface area contributed by atoms with Crippen LogP contribution < -0.4 is 21.2 Å². The highest BCUT2D eigenvalue weighted by atomic mass is 31.2. The number of amides is 2. The summed E-state index contributed by atoms with van der Waals surface area (Å²) in [6, 6.07) is 31.4. The van der Waals surface area contributed by atoms with Gasteiger partial charge in [0.15, 0.2) is 0 Å². The largest absolute Gasteiger partial charge is 0.449 e. The molecule has 0 saturated carbocycles. The zero-order chi connectivity index (χ0) is 31.8. The van der Waals surface area contributed by atoms with E-state index in [0.717, 1.165) is 12.8 Å². The lowest BCUT2D eigenvalue weighted by molar-refractivity contribution is -0.120. The molecule has 0 aliphatic carbocycles. The van der Waals surface area contributed by atoms with E-state index in [4.69, 9.17) is 4.74 Å². The van der Waals surface area contributed by atoms with Gasteiger partial charge in [-0.25, -0.2) is 4.79 Å². The molecule has 2 amide bonds. The molecular weight excluding hydrogens is 573 g/mol. The molecule has 5 heteroatoms. The number of ether oxygens (including phenoxy) is 1. The fraction of sp³-hybridized carbons (Fsp3) is 0.500. The average Bonchev–Trinajstić information content (AvgIpc) is 3.08. The molecule has 0 atom stereocenters. The summed E-state index contributed by atoms with van der Waals surface area (Å²) in [7, 11) is -2.12. The Morgan fingerprint density at radius 1 is 0.533 bits per heavy atom. The van der Waals surface area contributed by atoms with Gasteiger partial charge in [-0.3, -0.25) is 10.1 Å². The zero-order valence-corrected chi connectivity index (χ0v) is 28.7. The molecule has 0 unspecified atom stereocenters. The number of alkyl carbamates (subject to hydrolysis) is 1. The molecule has 0 aliphatic heterocycles. The lowest BCUT2D eigenvalue weighted by atomic mass is 10.0. The van der Waals surface area contributed by atoms with Crippen LogP contribution in [0.15, 0.2) is 91.0 Å². The van der Waals surface area contributed by atoms with Crippen molar-refractivity contribution >= 4 is 35.2 Å². The highest BCUT2D eigenvalue weighted by molar-refractivity contribution is 7.95. The van der Waals surface area contributed by atoms with Crippen LogP contribution in [0, 0.1) is 0 Å². The molecule has 0 fully saturated rings. The first-order valence-corrected chi connectivity index (χ1v) is 19.7. The minimum absolute atomic E-state index is 0.237. The van der Waals surface area contributed by atoms with Crippen LogP contribution in [0.1, 0.15) is 116 Å². The van der Waals surface area contributed by atoms with Crippen molar-refractivity contribution in [3.05, 3.63) is 91.0 Å². The Bertz CT molecular complexity index is 1090. The van der Waals surface area contributed by atoms with E-state index >= 15 is 0 Å². The van der Waals surface area contributed by atoms with Crippen LogP contribution in [-0.4, -0.2) is 24.8 Å². The summed E-state index contributed by atoms with van der Waals surface area (Å²) in [5, 5.41) is 6.15. The zero-order valence-electron chi connectivity index (χ0n) is 27.8. The number of nitrogens with one attached hydrogen (secondary N) is 1. The van der Waals surface area contributed by atoms with Crippen LogP contribution >= 0.6 is 7.26 Å². The maximum atomic E-state index is 13.0. The van der Waals surface area contributed by atoms with Gasteiger partial charge in [-0.05, 0) is 42.8 Å². The summed E-state index contributed by atoms with van der Waals surface area (Å²) in [4.78, 5) is 25.4. The van der Waals surface area contributed by atoms with Crippen molar-refractivity contribution in [1.82, 2.24) is 5.32 Å². The molecule has 244 valence electrons. The van der Waals surface area contributed by atoms with Crippen molar-refractivity contribution in [2.75, 3.05) is 12.8 Å². The molecule has 0 spiro atoms. The Hall–Kier alpha value is -2.97. The van der Waals surface area contributed by atoms with E-state index in [-0.39, 0.29) is 12.3 Å². The number of rotatable bonds is 23.